The maximum absolute atomic E-state index is 12.8. The molecule has 0 spiro atoms. The molecule has 0 fully saturated rings. The van der Waals surface area contributed by atoms with Gasteiger partial charge < -0.3 is 5.11 Å². The molecule has 0 bridgehead atoms. The van der Waals surface area contributed by atoms with Crippen LogP contribution in [0.2, 0.25) is 0 Å². The lowest BCUT2D eigenvalue weighted by molar-refractivity contribution is -0.136. The van der Waals surface area contributed by atoms with E-state index in [9.17, 15) is 9.18 Å². The van der Waals surface area contributed by atoms with Gasteiger partial charge in [0.2, 0.25) is 0 Å². The molecule has 1 aromatic heterocycles. The smallest absolute Gasteiger partial charge is 0.516 e. The van der Waals surface area contributed by atoms with E-state index in [1.54, 1.807) is 0 Å². The summed E-state index contributed by atoms with van der Waals surface area (Å²) in [4.78, 5) is 14.0. The summed E-state index contributed by atoms with van der Waals surface area (Å²) in [5, 5.41) is 6.61. The molecule has 0 aliphatic heterocycles. The number of aromatic nitrogens is 1. The lowest BCUT2D eigenvalue weighted by Crippen LogP contribution is -2.01. The molecular weight excluding hydrogens is 161 g/mol. The Bertz CT molecular complexity index is 288. The highest BCUT2D eigenvalue weighted by Crippen LogP contribution is 2.04. The van der Waals surface area contributed by atoms with Gasteiger partial charge in [0.25, 0.3) is 0 Å². The molecule has 0 aliphatic rings. The lowest BCUT2D eigenvalue weighted by Gasteiger charge is -1.96. The second-order valence-electron chi connectivity index (χ2n) is 2.36. The van der Waals surface area contributed by atoms with Crippen LogP contribution >= 0.6 is 0 Å². The maximum atomic E-state index is 12.8. The quantitative estimate of drug-likeness (QED) is 0.617. The zero-order valence-corrected chi connectivity index (χ0v) is 6.38. The zero-order chi connectivity index (χ0) is 8.97. The lowest BCUT2D eigenvalue weighted by atomic mass is 10.2. The number of nitrogens with zero attached hydrogens (tertiary/aromatic N) is 1. The summed E-state index contributed by atoms with van der Waals surface area (Å²) < 4.78 is 12.8. The van der Waals surface area contributed by atoms with Gasteiger partial charge in [-0.1, -0.05) is 0 Å². The normalized spacial score (nSPS) is 9.75. The maximum Gasteiger partial charge on any atom is 0.516 e. The van der Waals surface area contributed by atoms with Gasteiger partial charge in [-0.25, -0.2) is 4.39 Å². The van der Waals surface area contributed by atoms with E-state index >= 15 is 0 Å². The van der Waals surface area contributed by atoms with Gasteiger partial charge in [0.05, 0.1) is 5.69 Å². The number of carbonyl (C=O) groups excluding carboxylic acids is 1. The summed E-state index contributed by atoms with van der Waals surface area (Å²) in [6.45, 7) is 0. The molecule has 0 radical (unpaired) electrons. The Kier molecular flexibility index (Phi) is 2.74. The van der Waals surface area contributed by atoms with Crippen LogP contribution in [-0.2, 0) is 11.2 Å². The topological polar surface area (TPSA) is 52.9 Å². The SMILES string of the molecule is O=C([OH2+])CCc1ncccc1F. The molecule has 1 heterocycles. The van der Waals surface area contributed by atoms with E-state index in [0.29, 0.717) is 0 Å². The van der Waals surface area contributed by atoms with Crippen LogP contribution in [0.1, 0.15) is 12.1 Å². The predicted octanol–water partition coefficient (Wildman–Crippen LogP) is 0.405. The van der Waals surface area contributed by atoms with Gasteiger partial charge in [-0.2, -0.15) is 0 Å². The van der Waals surface area contributed by atoms with Crippen LogP contribution in [0.3, 0.4) is 0 Å². The second kappa shape index (κ2) is 3.80. The van der Waals surface area contributed by atoms with Crippen molar-refractivity contribution in [3.05, 3.63) is 29.8 Å². The van der Waals surface area contributed by atoms with Gasteiger partial charge in [-0.3, -0.25) is 4.98 Å². The molecule has 1 rings (SSSR count). The summed E-state index contributed by atoms with van der Waals surface area (Å²) >= 11 is 0. The third-order valence-corrected chi connectivity index (χ3v) is 1.42. The number of pyridine rings is 1. The van der Waals surface area contributed by atoms with Crippen LogP contribution in [0.25, 0.3) is 0 Å². The van der Waals surface area contributed by atoms with Gasteiger partial charge in [0, 0.05) is 17.4 Å². The summed E-state index contributed by atoms with van der Waals surface area (Å²) in [7, 11) is 0. The number of aryl methyl sites for hydroxylation is 1. The van der Waals surface area contributed by atoms with Crippen molar-refractivity contribution in [2.45, 2.75) is 12.8 Å². The molecule has 0 unspecified atom stereocenters. The van der Waals surface area contributed by atoms with Crippen LogP contribution in [0.5, 0.6) is 0 Å². The monoisotopic (exact) mass is 170 g/mol. The van der Waals surface area contributed by atoms with E-state index in [1.165, 1.54) is 18.3 Å². The Labute approximate surface area is 68.9 Å². The fourth-order valence-electron chi connectivity index (χ4n) is 0.834. The van der Waals surface area contributed by atoms with Crippen molar-refractivity contribution in [1.29, 1.82) is 0 Å². The fraction of sp³-hybridized carbons (Fsp3) is 0.250. The van der Waals surface area contributed by atoms with Crippen molar-refractivity contribution in [2.24, 2.45) is 0 Å². The molecule has 12 heavy (non-hydrogen) atoms. The first-order valence-corrected chi connectivity index (χ1v) is 3.54. The molecule has 1 aromatic rings. The molecule has 0 aromatic carbocycles. The van der Waals surface area contributed by atoms with Crippen molar-refractivity contribution in [1.82, 2.24) is 4.98 Å². The zero-order valence-electron chi connectivity index (χ0n) is 6.38. The highest BCUT2D eigenvalue weighted by molar-refractivity contribution is 5.66. The first-order chi connectivity index (χ1) is 5.70. The Morgan fingerprint density at radius 3 is 3.00 bits per heavy atom. The number of rotatable bonds is 3. The van der Waals surface area contributed by atoms with Crippen molar-refractivity contribution in [2.75, 3.05) is 0 Å². The van der Waals surface area contributed by atoms with E-state index in [2.05, 4.69) is 4.98 Å². The van der Waals surface area contributed by atoms with Crippen molar-refractivity contribution in [3.8, 4) is 0 Å². The van der Waals surface area contributed by atoms with E-state index in [-0.39, 0.29) is 18.5 Å². The molecule has 0 saturated heterocycles. The number of carbonyl (C=O) groups is 1. The van der Waals surface area contributed by atoms with Crippen molar-refractivity contribution < 1.29 is 14.3 Å². The van der Waals surface area contributed by atoms with Gasteiger partial charge in [-0.15, -0.1) is 0 Å². The first kappa shape index (κ1) is 8.64. The molecule has 64 valence electrons. The number of halogens is 1. The highest BCUT2D eigenvalue weighted by Gasteiger charge is 2.09. The van der Waals surface area contributed by atoms with E-state index < -0.39 is 11.8 Å². The molecule has 3 nitrogen and oxygen atoms in total. The van der Waals surface area contributed by atoms with Crippen LogP contribution in [0, 0.1) is 5.82 Å². The van der Waals surface area contributed by atoms with Gasteiger partial charge in [0.15, 0.2) is 0 Å². The van der Waals surface area contributed by atoms with Crippen LogP contribution in [-0.4, -0.2) is 16.1 Å². The molecular formula is C8H9FNO2+. The summed E-state index contributed by atoms with van der Waals surface area (Å²) in [5.41, 5.74) is 0.248. The van der Waals surface area contributed by atoms with E-state index in [0.717, 1.165) is 0 Å². The highest BCUT2D eigenvalue weighted by atomic mass is 19.1. The fourth-order valence-corrected chi connectivity index (χ4v) is 0.834. The Morgan fingerprint density at radius 1 is 1.67 bits per heavy atom. The predicted molar refractivity (Wildman–Crippen MR) is 41.1 cm³/mol. The minimum atomic E-state index is -0.694. The van der Waals surface area contributed by atoms with Crippen LogP contribution in [0.4, 0.5) is 4.39 Å². The Balaban J connectivity index is 2.63. The second-order valence-corrected chi connectivity index (χ2v) is 2.36. The Morgan fingerprint density at radius 2 is 2.42 bits per heavy atom. The summed E-state index contributed by atoms with van der Waals surface area (Å²) in [6.07, 6.45) is 1.69. The van der Waals surface area contributed by atoms with Crippen molar-refractivity contribution in [3.63, 3.8) is 0 Å². The summed E-state index contributed by atoms with van der Waals surface area (Å²) in [6, 6.07) is 2.78. The van der Waals surface area contributed by atoms with Crippen LogP contribution < -0.4 is 0 Å². The van der Waals surface area contributed by atoms with Crippen molar-refractivity contribution >= 4 is 5.97 Å². The van der Waals surface area contributed by atoms with Crippen LogP contribution in [0.15, 0.2) is 18.3 Å². The molecule has 2 N–H and O–H groups in total. The third-order valence-electron chi connectivity index (χ3n) is 1.42. The molecule has 0 atom stereocenters. The third kappa shape index (κ3) is 2.30. The largest absolute Gasteiger partial charge is 0.565 e. The number of hydrogen-bond donors (Lipinski definition) is 0. The van der Waals surface area contributed by atoms with Gasteiger partial charge in [-0.05, 0) is 12.1 Å². The molecule has 0 aliphatic carbocycles. The average molecular weight is 170 g/mol. The first-order valence-electron chi connectivity index (χ1n) is 3.54. The molecule has 0 saturated carbocycles. The summed E-state index contributed by atoms with van der Waals surface area (Å²) in [5.74, 6) is -1.11. The van der Waals surface area contributed by atoms with Gasteiger partial charge >= 0.3 is 5.97 Å². The standard InChI is InChI=1S/C8H8FNO2/c9-6-2-1-5-10-7(6)3-4-8(11)12/h1-2,5H,3-4H2,(H,11,12)/p+1. The average Bonchev–Trinajstić information content (AvgIpc) is 2.03. The number of hydrogen-bond acceptors (Lipinski definition) is 2. The minimum Gasteiger partial charge on any atom is -0.565 e. The molecule has 4 heteroatoms. The van der Waals surface area contributed by atoms with E-state index in [1.807, 2.05) is 0 Å². The van der Waals surface area contributed by atoms with Gasteiger partial charge in [0.1, 0.15) is 12.2 Å². The molecule has 0 amide bonds. The minimum absolute atomic E-state index is 0.0218. The van der Waals surface area contributed by atoms with E-state index in [4.69, 9.17) is 5.11 Å². The Hall–Kier alpha value is -1.45.